The molecule has 72 valence electrons. The van der Waals surface area contributed by atoms with Crippen molar-refractivity contribution < 1.29 is 0 Å². The minimum Gasteiger partial charge on any atom is -0.0822 e. The molecular formula is C12H24. The van der Waals surface area contributed by atoms with Gasteiger partial charge in [0.1, 0.15) is 0 Å². The highest BCUT2D eigenvalue weighted by molar-refractivity contribution is 5.06. The van der Waals surface area contributed by atoms with Crippen molar-refractivity contribution in [1.82, 2.24) is 0 Å². The third-order valence-corrected chi connectivity index (χ3v) is 2.80. The minimum absolute atomic E-state index is 0.758. The number of allylic oxidation sites excluding steroid dienone is 2. The Bertz CT molecular complexity index is 133. The molecule has 0 heterocycles. The van der Waals surface area contributed by atoms with E-state index in [1.165, 1.54) is 19.3 Å². The van der Waals surface area contributed by atoms with Gasteiger partial charge in [-0.05, 0) is 24.7 Å². The van der Waals surface area contributed by atoms with E-state index in [1.807, 2.05) is 0 Å². The second kappa shape index (κ2) is 6.28. The Kier molecular flexibility index (Phi) is 6.14. The summed E-state index contributed by atoms with van der Waals surface area (Å²) in [4.78, 5) is 0. The molecule has 0 amide bonds. The first-order chi connectivity index (χ1) is 5.65. The van der Waals surface area contributed by atoms with Gasteiger partial charge in [0, 0.05) is 0 Å². The first-order valence-corrected chi connectivity index (χ1v) is 5.36. The van der Waals surface area contributed by atoms with E-state index in [1.54, 1.807) is 5.57 Å². The summed E-state index contributed by atoms with van der Waals surface area (Å²) in [7, 11) is 0. The van der Waals surface area contributed by atoms with Crippen LogP contribution >= 0.6 is 0 Å². The zero-order valence-electron chi connectivity index (χ0n) is 9.35. The number of rotatable bonds is 5. The van der Waals surface area contributed by atoms with Crippen LogP contribution in [0.25, 0.3) is 0 Å². The van der Waals surface area contributed by atoms with Crippen molar-refractivity contribution >= 4 is 0 Å². The lowest BCUT2D eigenvalue weighted by Gasteiger charge is -2.14. The summed E-state index contributed by atoms with van der Waals surface area (Å²) >= 11 is 0. The highest BCUT2D eigenvalue weighted by atomic mass is 14.1. The van der Waals surface area contributed by atoms with E-state index in [9.17, 15) is 0 Å². The van der Waals surface area contributed by atoms with E-state index >= 15 is 0 Å². The van der Waals surface area contributed by atoms with Gasteiger partial charge in [-0.25, -0.2) is 0 Å². The van der Waals surface area contributed by atoms with Gasteiger partial charge in [-0.1, -0.05) is 52.7 Å². The molecule has 0 aliphatic rings. The molecule has 2 atom stereocenters. The molecule has 0 aromatic heterocycles. The Hall–Kier alpha value is -0.260. The monoisotopic (exact) mass is 168 g/mol. The van der Waals surface area contributed by atoms with Gasteiger partial charge < -0.3 is 0 Å². The van der Waals surface area contributed by atoms with Crippen LogP contribution in [0.4, 0.5) is 0 Å². The van der Waals surface area contributed by atoms with Crippen molar-refractivity contribution in [3.63, 3.8) is 0 Å². The van der Waals surface area contributed by atoms with Crippen molar-refractivity contribution in [3.8, 4) is 0 Å². The largest absolute Gasteiger partial charge is 0.0822 e. The molecule has 2 unspecified atom stereocenters. The van der Waals surface area contributed by atoms with E-state index in [0.717, 1.165) is 11.8 Å². The molecule has 0 heteroatoms. The van der Waals surface area contributed by atoms with Crippen LogP contribution in [0, 0.1) is 11.8 Å². The average molecular weight is 168 g/mol. The fraction of sp³-hybridized carbons (Fsp3) is 0.833. The topological polar surface area (TPSA) is 0 Å². The first kappa shape index (κ1) is 11.7. The Balaban J connectivity index is 4.21. The minimum atomic E-state index is 0.758. The molecule has 0 rings (SSSR count). The van der Waals surface area contributed by atoms with E-state index in [4.69, 9.17) is 0 Å². The second-order valence-electron chi connectivity index (χ2n) is 3.79. The molecule has 0 aromatic carbocycles. The third kappa shape index (κ3) is 3.94. The Labute approximate surface area is 78.1 Å². The van der Waals surface area contributed by atoms with Crippen molar-refractivity contribution in [2.45, 2.75) is 53.9 Å². The fourth-order valence-corrected chi connectivity index (χ4v) is 1.38. The molecule has 0 bridgehead atoms. The third-order valence-electron chi connectivity index (χ3n) is 2.80. The van der Waals surface area contributed by atoms with Gasteiger partial charge in [0.2, 0.25) is 0 Å². The molecule has 0 aliphatic heterocycles. The van der Waals surface area contributed by atoms with Crippen LogP contribution < -0.4 is 0 Å². The van der Waals surface area contributed by atoms with Crippen molar-refractivity contribution in [2.24, 2.45) is 11.8 Å². The highest BCUT2D eigenvalue weighted by Gasteiger charge is 2.05. The van der Waals surface area contributed by atoms with Crippen LogP contribution in [0.1, 0.15) is 53.9 Å². The Morgan fingerprint density at radius 1 is 1.08 bits per heavy atom. The summed E-state index contributed by atoms with van der Waals surface area (Å²) in [5, 5.41) is 0. The van der Waals surface area contributed by atoms with Gasteiger partial charge in [0.05, 0.1) is 0 Å². The predicted molar refractivity (Wildman–Crippen MR) is 57.3 cm³/mol. The highest BCUT2D eigenvalue weighted by Crippen LogP contribution is 2.20. The molecular weight excluding hydrogens is 144 g/mol. The van der Waals surface area contributed by atoms with Gasteiger partial charge in [0.25, 0.3) is 0 Å². The molecule has 0 fully saturated rings. The first-order valence-electron chi connectivity index (χ1n) is 5.36. The van der Waals surface area contributed by atoms with Crippen LogP contribution in [0.3, 0.4) is 0 Å². The lowest BCUT2D eigenvalue weighted by atomic mass is 9.92. The molecule has 0 radical (unpaired) electrons. The van der Waals surface area contributed by atoms with Crippen LogP contribution in [0.15, 0.2) is 11.6 Å². The molecule has 0 aromatic rings. The Morgan fingerprint density at radius 2 is 1.67 bits per heavy atom. The smallest absolute Gasteiger partial charge is 0.0234 e. The zero-order chi connectivity index (χ0) is 9.56. The van der Waals surface area contributed by atoms with Crippen molar-refractivity contribution in [1.29, 1.82) is 0 Å². The van der Waals surface area contributed by atoms with Crippen molar-refractivity contribution in [2.75, 3.05) is 0 Å². The van der Waals surface area contributed by atoms with Crippen LogP contribution in [-0.4, -0.2) is 0 Å². The SMILES string of the molecule is CCC(=CC(C)CC)C(C)CC. The summed E-state index contributed by atoms with van der Waals surface area (Å²) in [6.07, 6.45) is 6.23. The van der Waals surface area contributed by atoms with Crippen molar-refractivity contribution in [3.05, 3.63) is 11.6 Å². The standard InChI is InChI=1S/C12H24/c1-6-10(4)9-12(8-3)11(5)7-2/h9-11H,6-8H2,1-5H3. The molecule has 0 spiro atoms. The molecule has 0 aliphatic carbocycles. The molecule has 0 saturated heterocycles. The van der Waals surface area contributed by atoms with Gasteiger partial charge in [-0.15, -0.1) is 0 Å². The summed E-state index contributed by atoms with van der Waals surface area (Å²) < 4.78 is 0. The zero-order valence-corrected chi connectivity index (χ0v) is 9.35. The van der Waals surface area contributed by atoms with Gasteiger partial charge in [0.15, 0.2) is 0 Å². The molecule has 0 saturated carbocycles. The predicted octanol–water partition coefficient (Wildman–Crippen LogP) is 4.42. The lowest BCUT2D eigenvalue weighted by Crippen LogP contribution is -1.99. The van der Waals surface area contributed by atoms with Gasteiger partial charge in [-0.2, -0.15) is 0 Å². The summed E-state index contributed by atoms with van der Waals surface area (Å²) in [6, 6.07) is 0. The second-order valence-corrected chi connectivity index (χ2v) is 3.79. The lowest BCUT2D eigenvalue weighted by molar-refractivity contribution is 0.606. The number of hydrogen-bond donors (Lipinski definition) is 0. The quantitative estimate of drug-likeness (QED) is 0.533. The summed E-state index contributed by atoms with van der Waals surface area (Å²) in [6.45, 7) is 11.4. The maximum absolute atomic E-state index is 2.47. The van der Waals surface area contributed by atoms with E-state index in [0.29, 0.717) is 0 Å². The normalized spacial score (nSPS) is 17.6. The van der Waals surface area contributed by atoms with Crippen LogP contribution in [0.5, 0.6) is 0 Å². The van der Waals surface area contributed by atoms with Crippen LogP contribution in [0.2, 0.25) is 0 Å². The average Bonchev–Trinajstić information content (AvgIpc) is 2.12. The van der Waals surface area contributed by atoms with E-state index in [2.05, 4.69) is 40.7 Å². The van der Waals surface area contributed by atoms with Crippen LogP contribution in [-0.2, 0) is 0 Å². The maximum Gasteiger partial charge on any atom is -0.0234 e. The summed E-state index contributed by atoms with van der Waals surface area (Å²) in [5.41, 5.74) is 1.65. The molecule has 0 N–H and O–H groups in total. The fourth-order valence-electron chi connectivity index (χ4n) is 1.38. The summed E-state index contributed by atoms with van der Waals surface area (Å²) in [5.74, 6) is 1.54. The number of hydrogen-bond acceptors (Lipinski definition) is 0. The van der Waals surface area contributed by atoms with E-state index < -0.39 is 0 Å². The molecule has 12 heavy (non-hydrogen) atoms. The van der Waals surface area contributed by atoms with Gasteiger partial charge in [-0.3, -0.25) is 0 Å². The van der Waals surface area contributed by atoms with Gasteiger partial charge >= 0.3 is 0 Å². The van der Waals surface area contributed by atoms with E-state index in [-0.39, 0.29) is 0 Å². The Morgan fingerprint density at radius 3 is 2.00 bits per heavy atom. The molecule has 0 nitrogen and oxygen atoms in total. The maximum atomic E-state index is 2.47.